The van der Waals surface area contributed by atoms with Gasteiger partial charge in [-0.2, -0.15) is 0 Å². The lowest BCUT2D eigenvalue weighted by Crippen LogP contribution is -2.29. The van der Waals surface area contributed by atoms with Crippen LogP contribution in [0, 0.1) is 5.92 Å². The molecule has 1 N–H and O–H groups in total. The highest BCUT2D eigenvalue weighted by Gasteiger charge is 2.22. The molecular weight excluding hydrogens is 242 g/mol. The first-order chi connectivity index (χ1) is 9.85. The van der Waals surface area contributed by atoms with Crippen LogP contribution in [0.15, 0.2) is 24.3 Å². The molecule has 112 valence electrons. The highest BCUT2D eigenvalue weighted by Crippen LogP contribution is 2.33. The third-order valence-electron chi connectivity index (χ3n) is 4.76. The largest absolute Gasteiger partial charge is 0.310 e. The van der Waals surface area contributed by atoms with Crippen LogP contribution >= 0.6 is 0 Å². The van der Waals surface area contributed by atoms with Crippen LogP contribution in [-0.4, -0.2) is 6.54 Å². The normalized spacial score (nSPS) is 19.3. The summed E-state index contributed by atoms with van der Waals surface area (Å²) < 4.78 is 0. The van der Waals surface area contributed by atoms with Gasteiger partial charge in [0.2, 0.25) is 0 Å². The van der Waals surface area contributed by atoms with E-state index in [1.54, 1.807) is 0 Å². The monoisotopic (exact) mass is 273 g/mol. The summed E-state index contributed by atoms with van der Waals surface area (Å²) in [6, 6.07) is 9.80. The minimum Gasteiger partial charge on any atom is -0.310 e. The molecule has 1 atom stereocenters. The van der Waals surface area contributed by atoms with Gasteiger partial charge < -0.3 is 5.32 Å². The molecule has 1 saturated carbocycles. The van der Waals surface area contributed by atoms with Crippen molar-refractivity contribution in [3.05, 3.63) is 35.4 Å². The fourth-order valence-corrected chi connectivity index (χ4v) is 3.60. The van der Waals surface area contributed by atoms with Gasteiger partial charge in [0.05, 0.1) is 0 Å². The Labute approximate surface area is 125 Å². The smallest absolute Gasteiger partial charge is 0.0348 e. The second-order valence-corrected chi connectivity index (χ2v) is 6.24. The Kier molecular flexibility index (Phi) is 6.59. The average molecular weight is 273 g/mol. The molecule has 1 heteroatoms. The molecule has 0 bridgehead atoms. The zero-order valence-corrected chi connectivity index (χ0v) is 13.3. The third-order valence-corrected chi connectivity index (χ3v) is 4.76. The summed E-state index contributed by atoms with van der Waals surface area (Å²) in [6.45, 7) is 5.55. The van der Waals surface area contributed by atoms with Crippen LogP contribution in [0.1, 0.15) is 76.0 Å². The van der Waals surface area contributed by atoms with E-state index < -0.39 is 0 Å². The molecule has 0 aliphatic heterocycles. The van der Waals surface area contributed by atoms with E-state index in [0.29, 0.717) is 6.04 Å². The number of hydrogen-bond donors (Lipinski definition) is 1. The lowest BCUT2D eigenvalue weighted by molar-refractivity contribution is 0.291. The van der Waals surface area contributed by atoms with E-state index in [0.717, 1.165) is 18.9 Å². The summed E-state index contributed by atoms with van der Waals surface area (Å²) in [7, 11) is 0. The fourth-order valence-electron chi connectivity index (χ4n) is 3.60. The van der Waals surface area contributed by atoms with E-state index in [1.165, 1.54) is 56.1 Å². The van der Waals surface area contributed by atoms with Gasteiger partial charge in [-0.25, -0.2) is 0 Å². The predicted molar refractivity (Wildman–Crippen MR) is 88.0 cm³/mol. The molecule has 0 radical (unpaired) electrons. The molecule has 0 saturated heterocycles. The first kappa shape index (κ1) is 15.6. The standard InChI is InChI=1S/C19H31N/c1-3-16-11-10-14-18(15-16)19(20-4-2)17-12-8-6-5-7-9-13-17/h10-11,14-15,17,19-20H,3-9,12-13H2,1-2H3. The Morgan fingerprint density at radius 3 is 2.40 bits per heavy atom. The van der Waals surface area contributed by atoms with Gasteiger partial charge >= 0.3 is 0 Å². The molecule has 1 aromatic carbocycles. The van der Waals surface area contributed by atoms with Crippen molar-refractivity contribution in [3.8, 4) is 0 Å². The maximum atomic E-state index is 3.77. The molecule has 0 aromatic heterocycles. The van der Waals surface area contributed by atoms with Crippen molar-refractivity contribution in [1.29, 1.82) is 0 Å². The summed E-state index contributed by atoms with van der Waals surface area (Å²) >= 11 is 0. The van der Waals surface area contributed by atoms with Crippen molar-refractivity contribution >= 4 is 0 Å². The molecular formula is C19H31N. The van der Waals surface area contributed by atoms with Gasteiger partial charge in [-0.05, 0) is 42.9 Å². The number of nitrogens with one attached hydrogen (secondary N) is 1. The number of aryl methyl sites for hydroxylation is 1. The highest BCUT2D eigenvalue weighted by molar-refractivity contribution is 5.26. The van der Waals surface area contributed by atoms with Crippen molar-refractivity contribution < 1.29 is 0 Å². The minimum atomic E-state index is 0.560. The lowest BCUT2D eigenvalue weighted by Gasteiger charge is -2.30. The van der Waals surface area contributed by atoms with Gasteiger partial charge in [0.15, 0.2) is 0 Å². The summed E-state index contributed by atoms with van der Waals surface area (Å²) in [5.41, 5.74) is 2.98. The molecule has 1 aromatic rings. The summed E-state index contributed by atoms with van der Waals surface area (Å²) in [5, 5.41) is 3.77. The van der Waals surface area contributed by atoms with Crippen LogP contribution in [0.2, 0.25) is 0 Å². The first-order valence-corrected chi connectivity index (χ1v) is 8.67. The molecule has 1 nitrogen and oxygen atoms in total. The fraction of sp³-hybridized carbons (Fsp3) is 0.684. The van der Waals surface area contributed by atoms with Gasteiger partial charge in [0.25, 0.3) is 0 Å². The maximum Gasteiger partial charge on any atom is 0.0348 e. The lowest BCUT2D eigenvalue weighted by atomic mass is 9.82. The number of rotatable bonds is 5. The van der Waals surface area contributed by atoms with Gasteiger partial charge in [0.1, 0.15) is 0 Å². The Morgan fingerprint density at radius 2 is 1.75 bits per heavy atom. The van der Waals surface area contributed by atoms with Gasteiger partial charge in [0, 0.05) is 6.04 Å². The average Bonchev–Trinajstić information content (AvgIpc) is 2.45. The van der Waals surface area contributed by atoms with E-state index in [9.17, 15) is 0 Å². The topological polar surface area (TPSA) is 12.0 Å². The molecule has 2 rings (SSSR count). The zero-order valence-electron chi connectivity index (χ0n) is 13.3. The number of hydrogen-bond acceptors (Lipinski definition) is 1. The summed E-state index contributed by atoms with van der Waals surface area (Å²) in [6.07, 6.45) is 11.1. The predicted octanol–water partition coefficient (Wildman–Crippen LogP) is 5.26. The van der Waals surface area contributed by atoms with Crippen LogP contribution in [0.25, 0.3) is 0 Å². The van der Waals surface area contributed by atoms with E-state index in [1.807, 2.05) is 0 Å². The summed E-state index contributed by atoms with van der Waals surface area (Å²) in [4.78, 5) is 0. The maximum absolute atomic E-state index is 3.77. The van der Waals surface area contributed by atoms with Crippen LogP contribution in [0.3, 0.4) is 0 Å². The zero-order chi connectivity index (χ0) is 14.2. The molecule has 1 unspecified atom stereocenters. The van der Waals surface area contributed by atoms with Crippen LogP contribution < -0.4 is 5.32 Å². The summed E-state index contributed by atoms with van der Waals surface area (Å²) in [5.74, 6) is 0.822. The van der Waals surface area contributed by atoms with Gasteiger partial charge in [-0.15, -0.1) is 0 Å². The molecule has 1 fully saturated rings. The highest BCUT2D eigenvalue weighted by atomic mass is 14.9. The van der Waals surface area contributed by atoms with Gasteiger partial charge in [-0.1, -0.05) is 70.2 Å². The second-order valence-electron chi connectivity index (χ2n) is 6.24. The van der Waals surface area contributed by atoms with E-state index in [2.05, 4.69) is 43.4 Å². The third kappa shape index (κ3) is 4.34. The van der Waals surface area contributed by atoms with Crippen molar-refractivity contribution in [2.45, 2.75) is 71.3 Å². The van der Waals surface area contributed by atoms with E-state index in [-0.39, 0.29) is 0 Å². The van der Waals surface area contributed by atoms with Crippen LogP contribution in [0.4, 0.5) is 0 Å². The Balaban J connectivity index is 2.14. The van der Waals surface area contributed by atoms with Crippen LogP contribution in [-0.2, 0) is 6.42 Å². The van der Waals surface area contributed by atoms with Gasteiger partial charge in [-0.3, -0.25) is 0 Å². The van der Waals surface area contributed by atoms with Crippen molar-refractivity contribution in [3.63, 3.8) is 0 Å². The van der Waals surface area contributed by atoms with Crippen molar-refractivity contribution in [1.82, 2.24) is 5.32 Å². The first-order valence-electron chi connectivity index (χ1n) is 8.67. The number of benzene rings is 1. The Morgan fingerprint density at radius 1 is 1.05 bits per heavy atom. The molecule has 1 aliphatic rings. The SMILES string of the molecule is CCNC(c1cccc(CC)c1)C1CCCCCCC1. The quantitative estimate of drug-likeness (QED) is 0.771. The molecule has 20 heavy (non-hydrogen) atoms. The van der Waals surface area contributed by atoms with Crippen LogP contribution in [0.5, 0.6) is 0 Å². The Hall–Kier alpha value is -0.820. The minimum absolute atomic E-state index is 0.560. The molecule has 0 amide bonds. The van der Waals surface area contributed by atoms with Crippen molar-refractivity contribution in [2.75, 3.05) is 6.54 Å². The molecule has 0 heterocycles. The molecule has 0 spiro atoms. The second kappa shape index (κ2) is 8.46. The van der Waals surface area contributed by atoms with E-state index in [4.69, 9.17) is 0 Å². The Bertz CT molecular complexity index is 377. The molecule has 1 aliphatic carbocycles. The van der Waals surface area contributed by atoms with Crippen molar-refractivity contribution in [2.24, 2.45) is 5.92 Å². The van der Waals surface area contributed by atoms with E-state index >= 15 is 0 Å².